The zero-order chi connectivity index (χ0) is 12.3. The van der Waals surface area contributed by atoms with Crippen LogP contribution in [0.3, 0.4) is 0 Å². The van der Waals surface area contributed by atoms with Crippen LogP contribution < -0.4 is 10.1 Å². The SMILES string of the molecule is CCCC[NH2+]CCCCOc1ccc(F)cc1. The van der Waals surface area contributed by atoms with Crippen molar-refractivity contribution in [1.82, 2.24) is 0 Å². The molecule has 2 nitrogen and oxygen atoms in total. The zero-order valence-corrected chi connectivity index (χ0v) is 10.6. The number of rotatable bonds is 9. The van der Waals surface area contributed by atoms with Crippen LogP contribution in [0.1, 0.15) is 32.6 Å². The molecule has 0 aliphatic rings. The third-order valence-electron chi connectivity index (χ3n) is 2.65. The van der Waals surface area contributed by atoms with Crippen molar-refractivity contribution in [2.24, 2.45) is 0 Å². The first-order chi connectivity index (χ1) is 8.33. The maximum Gasteiger partial charge on any atom is 0.123 e. The molecule has 0 spiro atoms. The number of benzene rings is 1. The Balaban J connectivity index is 1.95. The van der Waals surface area contributed by atoms with Gasteiger partial charge in [0.2, 0.25) is 0 Å². The standard InChI is InChI=1S/C14H22FNO/c1-2-3-10-16-11-4-5-12-17-14-8-6-13(15)7-9-14/h6-9,16H,2-5,10-12H2,1H3/p+1. The van der Waals surface area contributed by atoms with Gasteiger partial charge in [0.1, 0.15) is 11.6 Å². The van der Waals surface area contributed by atoms with Gasteiger partial charge in [0.25, 0.3) is 0 Å². The van der Waals surface area contributed by atoms with Crippen molar-refractivity contribution < 1.29 is 14.4 Å². The second-order valence-corrected chi connectivity index (χ2v) is 4.23. The van der Waals surface area contributed by atoms with Crippen molar-refractivity contribution >= 4 is 0 Å². The van der Waals surface area contributed by atoms with Gasteiger partial charge in [-0.2, -0.15) is 0 Å². The molecule has 3 heteroatoms. The van der Waals surface area contributed by atoms with Gasteiger partial charge in [-0.1, -0.05) is 13.3 Å². The predicted octanol–water partition coefficient (Wildman–Crippen LogP) is 2.35. The fraction of sp³-hybridized carbons (Fsp3) is 0.571. The maximum absolute atomic E-state index is 12.6. The van der Waals surface area contributed by atoms with Crippen LogP contribution in [0.2, 0.25) is 0 Å². The molecule has 1 aromatic rings. The molecule has 1 aromatic carbocycles. The first kappa shape index (κ1) is 14.0. The van der Waals surface area contributed by atoms with E-state index in [4.69, 9.17) is 4.74 Å². The average molecular weight is 240 g/mol. The molecule has 1 rings (SSSR count). The summed E-state index contributed by atoms with van der Waals surface area (Å²) in [6, 6.07) is 6.19. The summed E-state index contributed by atoms with van der Waals surface area (Å²) in [5.74, 6) is 0.532. The van der Waals surface area contributed by atoms with E-state index < -0.39 is 0 Å². The van der Waals surface area contributed by atoms with Gasteiger partial charge in [0.05, 0.1) is 19.7 Å². The van der Waals surface area contributed by atoms with Gasteiger partial charge < -0.3 is 10.1 Å². The number of quaternary nitrogens is 1. The molecule has 0 aliphatic carbocycles. The summed E-state index contributed by atoms with van der Waals surface area (Å²) in [4.78, 5) is 0. The lowest BCUT2D eigenvalue weighted by atomic mass is 10.3. The summed E-state index contributed by atoms with van der Waals surface area (Å²) >= 11 is 0. The van der Waals surface area contributed by atoms with Crippen LogP contribution in [-0.2, 0) is 0 Å². The third-order valence-corrected chi connectivity index (χ3v) is 2.65. The van der Waals surface area contributed by atoms with Crippen LogP contribution in [0.4, 0.5) is 4.39 Å². The molecule has 0 bridgehead atoms. The van der Waals surface area contributed by atoms with Crippen LogP contribution in [0.15, 0.2) is 24.3 Å². The Hall–Kier alpha value is -1.09. The highest BCUT2D eigenvalue weighted by molar-refractivity contribution is 5.21. The molecule has 0 aromatic heterocycles. The van der Waals surface area contributed by atoms with Crippen LogP contribution >= 0.6 is 0 Å². The zero-order valence-electron chi connectivity index (χ0n) is 10.6. The summed E-state index contributed by atoms with van der Waals surface area (Å²) in [5.41, 5.74) is 0. The fourth-order valence-corrected chi connectivity index (χ4v) is 1.60. The van der Waals surface area contributed by atoms with Crippen molar-refractivity contribution in [2.75, 3.05) is 19.7 Å². The Morgan fingerprint density at radius 1 is 1.06 bits per heavy atom. The summed E-state index contributed by atoms with van der Waals surface area (Å²) in [7, 11) is 0. The number of ether oxygens (including phenoxy) is 1. The van der Waals surface area contributed by atoms with Gasteiger partial charge in [-0.15, -0.1) is 0 Å². The third kappa shape index (κ3) is 6.95. The number of unbranched alkanes of at least 4 members (excludes halogenated alkanes) is 2. The molecule has 0 amide bonds. The van der Waals surface area contributed by atoms with Crippen LogP contribution in [-0.4, -0.2) is 19.7 Å². The van der Waals surface area contributed by atoms with Crippen molar-refractivity contribution in [1.29, 1.82) is 0 Å². The van der Waals surface area contributed by atoms with Crippen molar-refractivity contribution in [2.45, 2.75) is 32.6 Å². The number of halogens is 1. The average Bonchev–Trinajstić information content (AvgIpc) is 2.35. The molecule has 0 unspecified atom stereocenters. The van der Waals surface area contributed by atoms with Crippen molar-refractivity contribution in [3.8, 4) is 5.75 Å². The highest BCUT2D eigenvalue weighted by atomic mass is 19.1. The van der Waals surface area contributed by atoms with Gasteiger partial charge in [-0.25, -0.2) is 4.39 Å². The van der Waals surface area contributed by atoms with Gasteiger partial charge in [0.15, 0.2) is 0 Å². The molecular weight excluding hydrogens is 217 g/mol. The van der Waals surface area contributed by atoms with Gasteiger partial charge in [-0.05, 0) is 43.5 Å². The molecule has 0 aliphatic heterocycles. The molecule has 96 valence electrons. The van der Waals surface area contributed by atoms with Crippen LogP contribution in [0.25, 0.3) is 0 Å². The molecule has 0 fully saturated rings. The second-order valence-electron chi connectivity index (χ2n) is 4.23. The molecule has 0 heterocycles. The minimum absolute atomic E-state index is 0.220. The van der Waals surface area contributed by atoms with E-state index >= 15 is 0 Å². The molecule has 0 saturated carbocycles. The Morgan fingerprint density at radius 2 is 1.76 bits per heavy atom. The summed E-state index contributed by atoms with van der Waals surface area (Å²) < 4.78 is 18.1. The summed E-state index contributed by atoms with van der Waals surface area (Å²) in [6.07, 6.45) is 4.79. The fourth-order valence-electron chi connectivity index (χ4n) is 1.60. The second kappa shape index (κ2) is 8.99. The lowest BCUT2D eigenvalue weighted by Gasteiger charge is -2.05. The molecule has 0 radical (unpaired) electrons. The van der Waals surface area contributed by atoms with Crippen LogP contribution in [0, 0.1) is 5.82 Å². The Bertz CT molecular complexity index is 287. The highest BCUT2D eigenvalue weighted by Gasteiger charge is 1.95. The first-order valence-corrected chi connectivity index (χ1v) is 6.53. The van der Waals surface area contributed by atoms with E-state index in [2.05, 4.69) is 12.2 Å². The first-order valence-electron chi connectivity index (χ1n) is 6.53. The van der Waals surface area contributed by atoms with E-state index in [0.29, 0.717) is 6.61 Å². The minimum Gasteiger partial charge on any atom is -0.494 e. The quantitative estimate of drug-likeness (QED) is 0.659. The molecule has 0 atom stereocenters. The number of nitrogens with two attached hydrogens (primary N) is 1. The van der Waals surface area contributed by atoms with E-state index in [1.165, 1.54) is 44.5 Å². The minimum atomic E-state index is -0.220. The summed E-state index contributed by atoms with van der Waals surface area (Å²) in [6.45, 7) is 5.33. The lowest BCUT2D eigenvalue weighted by Crippen LogP contribution is -2.84. The Labute approximate surface area is 103 Å². The van der Waals surface area contributed by atoms with E-state index in [1.807, 2.05) is 0 Å². The molecule has 0 saturated heterocycles. The Morgan fingerprint density at radius 3 is 2.47 bits per heavy atom. The molecule has 17 heavy (non-hydrogen) atoms. The van der Waals surface area contributed by atoms with E-state index in [1.54, 1.807) is 12.1 Å². The predicted molar refractivity (Wildman–Crippen MR) is 67.7 cm³/mol. The normalized spacial score (nSPS) is 10.5. The van der Waals surface area contributed by atoms with Gasteiger partial charge in [0, 0.05) is 0 Å². The monoisotopic (exact) mass is 240 g/mol. The van der Waals surface area contributed by atoms with Crippen molar-refractivity contribution in [3.63, 3.8) is 0 Å². The molecular formula is C14H23FNO+. The van der Waals surface area contributed by atoms with Crippen molar-refractivity contribution in [3.05, 3.63) is 30.1 Å². The maximum atomic E-state index is 12.6. The topological polar surface area (TPSA) is 25.8 Å². The van der Waals surface area contributed by atoms with E-state index in [-0.39, 0.29) is 5.82 Å². The molecule has 2 N–H and O–H groups in total. The lowest BCUT2D eigenvalue weighted by molar-refractivity contribution is -0.655. The van der Waals surface area contributed by atoms with Crippen LogP contribution in [0.5, 0.6) is 5.75 Å². The highest BCUT2D eigenvalue weighted by Crippen LogP contribution is 2.11. The number of hydrogen-bond donors (Lipinski definition) is 1. The largest absolute Gasteiger partial charge is 0.494 e. The Kier molecular flexibility index (Phi) is 7.39. The smallest absolute Gasteiger partial charge is 0.123 e. The van der Waals surface area contributed by atoms with E-state index in [9.17, 15) is 4.39 Å². The number of hydrogen-bond acceptors (Lipinski definition) is 1. The van der Waals surface area contributed by atoms with E-state index in [0.717, 1.165) is 12.2 Å². The van der Waals surface area contributed by atoms with Gasteiger partial charge in [-0.3, -0.25) is 0 Å². The van der Waals surface area contributed by atoms with Gasteiger partial charge >= 0.3 is 0 Å². The summed E-state index contributed by atoms with van der Waals surface area (Å²) in [5, 5.41) is 2.36.